The number of ketones is 1. The monoisotopic (exact) mass is 304 g/mol. The third-order valence-electron chi connectivity index (χ3n) is 3.28. The van der Waals surface area contributed by atoms with Crippen LogP contribution in [0.5, 0.6) is 0 Å². The van der Waals surface area contributed by atoms with Gasteiger partial charge in [-0.25, -0.2) is 9.29 Å². The Morgan fingerprint density at radius 2 is 2.10 bits per heavy atom. The van der Waals surface area contributed by atoms with Crippen molar-refractivity contribution in [1.29, 1.82) is 0 Å². The third kappa shape index (κ3) is 3.29. The molecule has 1 saturated heterocycles. The molecule has 2 aromatic heterocycles. The summed E-state index contributed by atoms with van der Waals surface area (Å²) in [6.07, 6.45) is 5.55. The minimum Gasteiger partial charge on any atom is -0.288 e. The van der Waals surface area contributed by atoms with E-state index in [1.807, 2.05) is 23.6 Å². The number of carbonyl (C=O) groups is 1. The van der Waals surface area contributed by atoms with Crippen LogP contribution in [0.25, 0.3) is 0 Å². The number of hydrogen-bond donors (Lipinski definition) is 0. The van der Waals surface area contributed by atoms with Gasteiger partial charge in [0.2, 0.25) is 5.78 Å². The van der Waals surface area contributed by atoms with Crippen LogP contribution in [0.3, 0.4) is 0 Å². The lowest BCUT2D eigenvalue weighted by atomic mass is 10.1. The average molecular weight is 304 g/mol. The van der Waals surface area contributed by atoms with Crippen molar-refractivity contribution in [3.05, 3.63) is 46.3 Å². The summed E-state index contributed by atoms with van der Waals surface area (Å²) in [5, 5.41) is 2.84. The number of aromatic nitrogens is 1. The summed E-state index contributed by atoms with van der Waals surface area (Å²) in [5.74, 6) is 0.0860. The van der Waals surface area contributed by atoms with Crippen LogP contribution in [0.2, 0.25) is 0 Å². The lowest BCUT2D eigenvalue weighted by Crippen LogP contribution is -2.23. The van der Waals surface area contributed by atoms with Crippen LogP contribution < -0.4 is 0 Å². The minimum absolute atomic E-state index is 0.0860. The standard InChI is InChI=1S/C15H16N2OS2/c18-15(13-5-4-10-19-13)12-6-7-16-14(11-12)20-17-8-2-1-3-9-17/h4-7,10-11H,1-3,8-9H2. The Kier molecular flexibility index (Phi) is 4.50. The zero-order valence-electron chi connectivity index (χ0n) is 11.1. The van der Waals surface area contributed by atoms with E-state index >= 15 is 0 Å². The summed E-state index contributed by atoms with van der Waals surface area (Å²) in [5.41, 5.74) is 0.724. The van der Waals surface area contributed by atoms with Gasteiger partial charge in [-0.3, -0.25) is 4.79 Å². The van der Waals surface area contributed by atoms with E-state index in [-0.39, 0.29) is 5.78 Å². The molecule has 0 saturated carbocycles. The summed E-state index contributed by atoms with van der Waals surface area (Å²) in [6.45, 7) is 2.21. The van der Waals surface area contributed by atoms with Gasteiger partial charge in [0.1, 0.15) is 5.03 Å². The Bertz CT molecular complexity index is 577. The number of hydrogen-bond acceptors (Lipinski definition) is 5. The van der Waals surface area contributed by atoms with Crippen molar-refractivity contribution in [2.45, 2.75) is 24.3 Å². The Morgan fingerprint density at radius 1 is 1.25 bits per heavy atom. The van der Waals surface area contributed by atoms with Crippen LogP contribution in [0.4, 0.5) is 0 Å². The number of piperidine rings is 1. The fraction of sp³-hybridized carbons (Fsp3) is 0.333. The molecule has 5 heteroatoms. The Morgan fingerprint density at radius 3 is 2.85 bits per heavy atom. The molecule has 20 heavy (non-hydrogen) atoms. The fourth-order valence-corrected chi connectivity index (χ4v) is 3.92. The fourth-order valence-electron chi connectivity index (χ4n) is 2.24. The van der Waals surface area contributed by atoms with E-state index in [0.29, 0.717) is 0 Å². The quantitative estimate of drug-likeness (QED) is 0.634. The van der Waals surface area contributed by atoms with Crippen molar-refractivity contribution < 1.29 is 4.79 Å². The summed E-state index contributed by atoms with van der Waals surface area (Å²) in [6, 6.07) is 7.47. The molecule has 0 aliphatic carbocycles. The highest BCUT2D eigenvalue weighted by atomic mass is 32.2. The zero-order valence-corrected chi connectivity index (χ0v) is 12.8. The van der Waals surface area contributed by atoms with Crippen molar-refractivity contribution in [1.82, 2.24) is 9.29 Å². The molecular formula is C15H16N2OS2. The highest BCUT2D eigenvalue weighted by molar-refractivity contribution is 7.97. The zero-order chi connectivity index (χ0) is 13.8. The highest BCUT2D eigenvalue weighted by Gasteiger charge is 2.14. The van der Waals surface area contributed by atoms with Gasteiger partial charge in [-0.2, -0.15) is 0 Å². The first-order valence-electron chi connectivity index (χ1n) is 6.80. The minimum atomic E-state index is 0.0860. The summed E-state index contributed by atoms with van der Waals surface area (Å²) in [4.78, 5) is 17.5. The maximum Gasteiger partial charge on any atom is 0.203 e. The summed E-state index contributed by atoms with van der Waals surface area (Å²) >= 11 is 3.15. The van der Waals surface area contributed by atoms with Gasteiger partial charge in [-0.1, -0.05) is 12.5 Å². The van der Waals surface area contributed by atoms with Gasteiger partial charge in [-0.05, 0) is 48.4 Å². The van der Waals surface area contributed by atoms with Gasteiger partial charge in [0, 0.05) is 24.8 Å². The molecule has 0 aromatic carbocycles. The summed E-state index contributed by atoms with van der Waals surface area (Å²) in [7, 11) is 0. The maximum absolute atomic E-state index is 12.3. The third-order valence-corrected chi connectivity index (χ3v) is 5.18. The highest BCUT2D eigenvalue weighted by Crippen LogP contribution is 2.26. The number of thiophene rings is 1. The van der Waals surface area contributed by atoms with Gasteiger partial charge >= 0.3 is 0 Å². The van der Waals surface area contributed by atoms with Gasteiger partial charge < -0.3 is 0 Å². The second kappa shape index (κ2) is 6.52. The van der Waals surface area contributed by atoms with Crippen LogP contribution in [-0.4, -0.2) is 28.2 Å². The van der Waals surface area contributed by atoms with Crippen LogP contribution >= 0.6 is 23.3 Å². The molecule has 2 aromatic rings. The number of nitrogens with zero attached hydrogens (tertiary/aromatic N) is 2. The first-order valence-corrected chi connectivity index (χ1v) is 8.45. The van der Waals surface area contributed by atoms with Gasteiger partial charge in [0.05, 0.1) is 4.88 Å². The predicted octanol–water partition coefficient (Wildman–Crippen LogP) is 3.87. The Balaban J connectivity index is 1.74. The maximum atomic E-state index is 12.3. The lowest BCUT2D eigenvalue weighted by Gasteiger charge is -2.24. The normalized spacial score (nSPS) is 16.2. The first kappa shape index (κ1) is 13.8. The van der Waals surface area contributed by atoms with Crippen LogP contribution in [0.15, 0.2) is 40.9 Å². The molecule has 0 amide bonds. The molecule has 3 nitrogen and oxygen atoms in total. The number of pyridine rings is 1. The van der Waals surface area contributed by atoms with Crippen LogP contribution in [0.1, 0.15) is 34.5 Å². The van der Waals surface area contributed by atoms with Crippen molar-refractivity contribution in [2.24, 2.45) is 0 Å². The molecule has 3 rings (SSSR count). The second-order valence-electron chi connectivity index (χ2n) is 4.77. The van der Waals surface area contributed by atoms with Crippen molar-refractivity contribution in [3.8, 4) is 0 Å². The molecule has 3 heterocycles. The molecule has 0 unspecified atom stereocenters. The van der Waals surface area contributed by atoms with E-state index < -0.39 is 0 Å². The van der Waals surface area contributed by atoms with Gasteiger partial charge in [0.15, 0.2) is 0 Å². The van der Waals surface area contributed by atoms with E-state index in [1.54, 1.807) is 24.2 Å². The molecule has 0 spiro atoms. The van der Waals surface area contributed by atoms with Crippen molar-refractivity contribution in [3.63, 3.8) is 0 Å². The molecule has 0 atom stereocenters. The van der Waals surface area contributed by atoms with Crippen LogP contribution in [-0.2, 0) is 0 Å². The molecule has 0 radical (unpaired) electrons. The lowest BCUT2D eigenvalue weighted by molar-refractivity contribution is 0.104. The van der Waals surface area contributed by atoms with E-state index in [0.717, 1.165) is 28.6 Å². The molecule has 1 aliphatic heterocycles. The largest absolute Gasteiger partial charge is 0.288 e. The van der Waals surface area contributed by atoms with Crippen LogP contribution in [0, 0.1) is 0 Å². The number of rotatable bonds is 4. The average Bonchev–Trinajstić information content (AvgIpc) is 3.02. The molecular weight excluding hydrogens is 288 g/mol. The van der Waals surface area contributed by atoms with Crippen molar-refractivity contribution >= 4 is 29.1 Å². The Labute approximate surface area is 127 Å². The second-order valence-corrected chi connectivity index (χ2v) is 6.84. The molecule has 104 valence electrons. The smallest absolute Gasteiger partial charge is 0.203 e. The first-order chi connectivity index (χ1) is 9.83. The molecule has 1 fully saturated rings. The van der Waals surface area contributed by atoms with E-state index in [4.69, 9.17) is 0 Å². The van der Waals surface area contributed by atoms with E-state index in [9.17, 15) is 4.79 Å². The predicted molar refractivity (Wildman–Crippen MR) is 83.3 cm³/mol. The number of carbonyl (C=O) groups excluding carboxylic acids is 1. The SMILES string of the molecule is O=C(c1ccnc(SN2CCCCC2)c1)c1cccs1. The van der Waals surface area contributed by atoms with E-state index in [1.165, 1.54) is 30.6 Å². The molecule has 0 bridgehead atoms. The topological polar surface area (TPSA) is 33.2 Å². The van der Waals surface area contributed by atoms with Gasteiger partial charge in [-0.15, -0.1) is 11.3 Å². The molecule has 1 aliphatic rings. The summed E-state index contributed by atoms with van der Waals surface area (Å²) < 4.78 is 2.34. The Hall–Kier alpha value is -1.17. The van der Waals surface area contributed by atoms with Crippen molar-refractivity contribution in [2.75, 3.05) is 13.1 Å². The van der Waals surface area contributed by atoms with E-state index in [2.05, 4.69) is 9.29 Å². The molecule has 0 N–H and O–H groups in total. The van der Waals surface area contributed by atoms with Gasteiger partial charge in [0.25, 0.3) is 0 Å².